The predicted octanol–water partition coefficient (Wildman–Crippen LogP) is 3.95. The first-order valence-electron chi connectivity index (χ1n) is 12.4. The molecule has 0 bridgehead atoms. The van der Waals surface area contributed by atoms with Crippen molar-refractivity contribution in [3.63, 3.8) is 0 Å². The van der Waals surface area contributed by atoms with Gasteiger partial charge in [0.25, 0.3) is 5.91 Å². The highest BCUT2D eigenvalue weighted by molar-refractivity contribution is 5.95. The fourth-order valence-corrected chi connectivity index (χ4v) is 4.09. The molecular weight excluding hydrogens is 430 g/mol. The topological polar surface area (TPSA) is 63.3 Å². The van der Waals surface area contributed by atoms with Gasteiger partial charge in [-0.2, -0.15) is 0 Å². The molecule has 0 saturated carbocycles. The zero-order valence-corrected chi connectivity index (χ0v) is 21.1. The summed E-state index contributed by atoms with van der Waals surface area (Å²) < 4.78 is 17.2. The molecule has 0 aliphatic carbocycles. The number of hydrogen-bond donors (Lipinski definition) is 1. The number of carbonyl (C=O) groups excluding carboxylic acids is 1. The first-order chi connectivity index (χ1) is 16.6. The molecule has 1 fully saturated rings. The second-order valence-electron chi connectivity index (χ2n) is 8.31. The SMILES string of the molecule is CCOc1cc(C(=O)NCc2ccc(CN3CCN(CC)CC3)cc2)cc(OCC)c1OCC. The fourth-order valence-electron chi connectivity index (χ4n) is 4.09. The Bertz CT molecular complexity index is 882. The maximum atomic E-state index is 12.9. The maximum Gasteiger partial charge on any atom is 0.251 e. The fraction of sp³-hybridized carbons (Fsp3) is 0.519. The minimum atomic E-state index is -0.178. The van der Waals surface area contributed by atoms with E-state index in [-0.39, 0.29) is 5.91 Å². The van der Waals surface area contributed by atoms with Gasteiger partial charge in [-0.3, -0.25) is 9.69 Å². The van der Waals surface area contributed by atoms with Crippen LogP contribution in [0.2, 0.25) is 0 Å². The quantitative estimate of drug-likeness (QED) is 0.508. The van der Waals surface area contributed by atoms with Crippen molar-refractivity contribution in [1.29, 1.82) is 0 Å². The highest BCUT2D eigenvalue weighted by atomic mass is 16.5. The number of rotatable bonds is 12. The van der Waals surface area contributed by atoms with Crippen molar-refractivity contribution in [1.82, 2.24) is 15.1 Å². The predicted molar refractivity (Wildman–Crippen MR) is 135 cm³/mol. The molecule has 0 radical (unpaired) electrons. The Morgan fingerprint density at radius 2 is 1.32 bits per heavy atom. The molecule has 2 aromatic carbocycles. The molecule has 186 valence electrons. The maximum absolute atomic E-state index is 12.9. The van der Waals surface area contributed by atoms with Crippen molar-refractivity contribution < 1.29 is 19.0 Å². The van der Waals surface area contributed by atoms with Crippen molar-refractivity contribution in [3.05, 3.63) is 53.1 Å². The van der Waals surface area contributed by atoms with Crippen LogP contribution in [-0.2, 0) is 13.1 Å². The lowest BCUT2D eigenvalue weighted by molar-refractivity contribution is 0.0949. The molecule has 7 heteroatoms. The number of benzene rings is 2. The van der Waals surface area contributed by atoms with Crippen LogP contribution < -0.4 is 19.5 Å². The number of carbonyl (C=O) groups is 1. The number of amides is 1. The van der Waals surface area contributed by atoms with Crippen LogP contribution in [0.25, 0.3) is 0 Å². The van der Waals surface area contributed by atoms with Gasteiger partial charge in [-0.25, -0.2) is 0 Å². The van der Waals surface area contributed by atoms with Gasteiger partial charge in [-0.05, 0) is 50.6 Å². The monoisotopic (exact) mass is 469 g/mol. The number of piperazine rings is 1. The van der Waals surface area contributed by atoms with E-state index in [0.29, 0.717) is 49.2 Å². The summed E-state index contributed by atoms with van der Waals surface area (Å²) in [4.78, 5) is 17.9. The highest BCUT2D eigenvalue weighted by Crippen LogP contribution is 2.39. The molecule has 1 amide bonds. The average Bonchev–Trinajstić information content (AvgIpc) is 2.86. The van der Waals surface area contributed by atoms with Gasteiger partial charge in [0.05, 0.1) is 19.8 Å². The Hall–Kier alpha value is -2.77. The number of ether oxygens (including phenoxy) is 3. The highest BCUT2D eigenvalue weighted by Gasteiger charge is 2.19. The molecular formula is C27H39N3O4. The van der Waals surface area contributed by atoms with E-state index < -0.39 is 0 Å². The molecule has 2 aromatic rings. The molecule has 0 spiro atoms. The standard InChI is InChI=1S/C27H39N3O4/c1-5-29-13-15-30(16-14-29)20-22-11-9-21(10-12-22)19-28-27(31)23-17-24(32-6-2)26(34-8-4)25(18-23)33-7-3/h9-12,17-18H,5-8,13-16,19-20H2,1-4H3,(H,28,31). The second-order valence-corrected chi connectivity index (χ2v) is 8.31. The van der Waals surface area contributed by atoms with E-state index in [2.05, 4.69) is 46.3 Å². The molecule has 1 heterocycles. The van der Waals surface area contributed by atoms with E-state index in [4.69, 9.17) is 14.2 Å². The van der Waals surface area contributed by atoms with Crippen molar-refractivity contribution in [2.75, 3.05) is 52.5 Å². The smallest absolute Gasteiger partial charge is 0.251 e. The van der Waals surface area contributed by atoms with Gasteiger partial charge < -0.3 is 24.4 Å². The normalized spacial score (nSPS) is 14.6. The molecule has 0 aromatic heterocycles. The lowest BCUT2D eigenvalue weighted by atomic mass is 10.1. The van der Waals surface area contributed by atoms with Gasteiger partial charge in [0.2, 0.25) is 5.75 Å². The summed E-state index contributed by atoms with van der Waals surface area (Å²) in [6, 6.07) is 11.9. The largest absolute Gasteiger partial charge is 0.490 e. The van der Waals surface area contributed by atoms with E-state index in [9.17, 15) is 4.79 Å². The minimum Gasteiger partial charge on any atom is -0.490 e. The van der Waals surface area contributed by atoms with Gasteiger partial charge in [-0.1, -0.05) is 31.2 Å². The third kappa shape index (κ3) is 7.11. The van der Waals surface area contributed by atoms with Crippen LogP contribution in [0.3, 0.4) is 0 Å². The third-order valence-corrected chi connectivity index (χ3v) is 5.97. The minimum absolute atomic E-state index is 0.178. The lowest BCUT2D eigenvalue weighted by Crippen LogP contribution is -2.45. The molecule has 0 unspecified atom stereocenters. The van der Waals surface area contributed by atoms with E-state index in [0.717, 1.165) is 44.8 Å². The molecule has 0 atom stereocenters. The number of nitrogens with zero attached hydrogens (tertiary/aromatic N) is 2. The van der Waals surface area contributed by atoms with Crippen LogP contribution in [0.15, 0.2) is 36.4 Å². The van der Waals surface area contributed by atoms with Crippen LogP contribution in [-0.4, -0.2) is 68.3 Å². The molecule has 3 rings (SSSR count). The van der Waals surface area contributed by atoms with Crippen LogP contribution >= 0.6 is 0 Å². The van der Waals surface area contributed by atoms with Crippen LogP contribution in [0.4, 0.5) is 0 Å². The van der Waals surface area contributed by atoms with Gasteiger partial charge in [0, 0.05) is 44.8 Å². The van der Waals surface area contributed by atoms with E-state index in [1.807, 2.05) is 20.8 Å². The summed E-state index contributed by atoms with van der Waals surface area (Å²) in [7, 11) is 0. The number of likely N-dealkylation sites (N-methyl/N-ethyl adjacent to an activating group) is 1. The first kappa shape index (κ1) is 25.8. The molecule has 1 N–H and O–H groups in total. The van der Waals surface area contributed by atoms with Crippen molar-refractivity contribution >= 4 is 5.91 Å². The Balaban J connectivity index is 1.60. The summed E-state index contributed by atoms with van der Waals surface area (Å²) in [5.41, 5.74) is 2.85. The van der Waals surface area contributed by atoms with Gasteiger partial charge >= 0.3 is 0 Å². The van der Waals surface area contributed by atoms with Crippen LogP contribution in [0, 0.1) is 0 Å². The Morgan fingerprint density at radius 1 is 0.794 bits per heavy atom. The zero-order chi connectivity index (χ0) is 24.3. The van der Waals surface area contributed by atoms with Gasteiger partial charge in [0.15, 0.2) is 11.5 Å². The third-order valence-electron chi connectivity index (χ3n) is 5.97. The molecule has 1 aliphatic heterocycles. The average molecular weight is 470 g/mol. The summed E-state index contributed by atoms with van der Waals surface area (Å²) in [5.74, 6) is 1.39. The molecule has 7 nitrogen and oxygen atoms in total. The van der Waals surface area contributed by atoms with Gasteiger partial charge in [0.1, 0.15) is 0 Å². The number of nitrogens with one attached hydrogen (secondary N) is 1. The first-order valence-corrected chi connectivity index (χ1v) is 12.4. The Morgan fingerprint density at radius 3 is 1.85 bits per heavy atom. The van der Waals surface area contributed by atoms with Crippen molar-refractivity contribution in [3.8, 4) is 17.2 Å². The van der Waals surface area contributed by atoms with E-state index in [1.54, 1.807) is 12.1 Å². The van der Waals surface area contributed by atoms with E-state index in [1.165, 1.54) is 5.56 Å². The van der Waals surface area contributed by atoms with Crippen molar-refractivity contribution in [2.45, 2.75) is 40.8 Å². The van der Waals surface area contributed by atoms with Crippen LogP contribution in [0.1, 0.15) is 49.2 Å². The zero-order valence-electron chi connectivity index (χ0n) is 21.1. The molecule has 1 aliphatic rings. The van der Waals surface area contributed by atoms with Crippen molar-refractivity contribution in [2.24, 2.45) is 0 Å². The molecule has 1 saturated heterocycles. The number of hydrogen-bond acceptors (Lipinski definition) is 6. The lowest BCUT2D eigenvalue weighted by Gasteiger charge is -2.34. The second kappa shape index (κ2) is 13.2. The summed E-state index contributed by atoms with van der Waals surface area (Å²) in [6.45, 7) is 16.4. The summed E-state index contributed by atoms with van der Waals surface area (Å²) in [6.07, 6.45) is 0. The van der Waals surface area contributed by atoms with E-state index >= 15 is 0 Å². The Labute approximate surface area is 204 Å². The van der Waals surface area contributed by atoms with Crippen LogP contribution in [0.5, 0.6) is 17.2 Å². The molecule has 34 heavy (non-hydrogen) atoms. The van der Waals surface area contributed by atoms with Gasteiger partial charge in [-0.15, -0.1) is 0 Å². The Kier molecular flexibility index (Phi) is 10.0. The summed E-state index contributed by atoms with van der Waals surface area (Å²) in [5, 5.41) is 3.01. The summed E-state index contributed by atoms with van der Waals surface area (Å²) >= 11 is 0.